The summed E-state index contributed by atoms with van der Waals surface area (Å²) < 4.78 is 1.18. The molecule has 0 fully saturated rings. The topological polar surface area (TPSA) is 4.44 Å². The Kier molecular flexibility index (Phi) is 4.36. The van der Waals surface area contributed by atoms with E-state index in [0.717, 1.165) is 6.54 Å². The molecule has 0 unspecified atom stereocenters. The summed E-state index contributed by atoms with van der Waals surface area (Å²) in [6.07, 6.45) is 2.21. The van der Waals surface area contributed by atoms with Gasteiger partial charge in [0.25, 0.3) is 0 Å². The summed E-state index contributed by atoms with van der Waals surface area (Å²) in [6.45, 7) is 3.14. The SMILES string of the molecule is Cc1ccc(/C(Br)=C/C[NH+](C)C)cc1. The van der Waals surface area contributed by atoms with Gasteiger partial charge in [-0.15, -0.1) is 0 Å². The number of aryl methyl sites for hydroxylation is 1. The van der Waals surface area contributed by atoms with E-state index in [1.54, 1.807) is 0 Å². The van der Waals surface area contributed by atoms with E-state index >= 15 is 0 Å². The van der Waals surface area contributed by atoms with Crippen LogP contribution in [0.4, 0.5) is 0 Å². The van der Waals surface area contributed by atoms with Crippen molar-refractivity contribution in [2.45, 2.75) is 6.92 Å². The molecule has 14 heavy (non-hydrogen) atoms. The minimum atomic E-state index is 1.04. The van der Waals surface area contributed by atoms with Gasteiger partial charge < -0.3 is 4.90 Å². The monoisotopic (exact) mass is 254 g/mol. The summed E-state index contributed by atoms with van der Waals surface area (Å²) in [4.78, 5) is 1.43. The smallest absolute Gasteiger partial charge is 0.0968 e. The first-order valence-corrected chi connectivity index (χ1v) is 5.60. The van der Waals surface area contributed by atoms with E-state index in [1.165, 1.54) is 20.5 Å². The molecule has 76 valence electrons. The maximum absolute atomic E-state index is 3.59. The molecule has 0 saturated heterocycles. The molecule has 1 nitrogen and oxygen atoms in total. The molecule has 1 rings (SSSR count). The molecule has 0 amide bonds. The number of quaternary nitrogens is 1. The summed E-state index contributed by atoms with van der Waals surface area (Å²) in [5, 5.41) is 0. The molecular formula is C12H17BrN+. The molecular weight excluding hydrogens is 238 g/mol. The number of likely N-dealkylation sites (N-methyl/N-ethyl adjacent to an activating group) is 1. The maximum Gasteiger partial charge on any atom is 0.0968 e. The standard InChI is InChI=1S/C12H16BrN/c1-10-4-6-11(7-5-10)12(13)8-9-14(2)3/h4-8H,9H2,1-3H3/p+1/b12-8-. The molecule has 0 saturated carbocycles. The third kappa shape index (κ3) is 3.64. The van der Waals surface area contributed by atoms with E-state index in [2.05, 4.69) is 67.3 Å². The number of hydrogen-bond acceptors (Lipinski definition) is 0. The summed E-state index contributed by atoms with van der Waals surface area (Å²) in [5.41, 5.74) is 2.55. The zero-order valence-electron chi connectivity index (χ0n) is 8.97. The number of rotatable bonds is 3. The predicted molar refractivity (Wildman–Crippen MR) is 65.8 cm³/mol. The van der Waals surface area contributed by atoms with Crippen LogP contribution >= 0.6 is 15.9 Å². The Morgan fingerprint density at radius 2 is 1.86 bits per heavy atom. The Balaban J connectivity index is 2.73. The quantitative estimate of drug-likeness (QED) is 0.841. The van der Waals surface area contributed by atoms with Crippen LogP contribution in [0.2, 0.25) is 0 Å². The molecule has 0 atom stereocenters. The van der Waals surface area contributed by atoms with Gasteiger partial charge in [0.2, 0.25) is 0 Å². The number of halogens is 1. The summed E-state index contributed by atoms with van der Waals surface area (Å²) >= 11 is 3.59. The lowest BCUT2D eigenvalue weighted by atomic mass is 10.1. The van der Waals surface area contributed by atoms with Crippen molar-refractivity contribution in [2.24, 2.45) is 0 Å². The normalized spacial score (nSPS) is 12.2. The van der Waals surface area contributed by atoms with Gasteiger partial charge in [-0.1, -0.05) is 45.8 Å². The van der Waals surface area contributed by atoms with Crippen LogP contribution < -0.4 is 4.90 Å². The largest absolute Gasteiger partial charge is 0.337 e. The highest BCUT2D eigenvalue weighted by Crippen LogP contribution is 2.20. The third-order valence-electron chi connectivity index (χ3n) is 2.02. The van der Waals surface area contributed by atoms with Crippen molar-refractivity contribution >= 4 is 20.4 Å². The molecule has 2 heteroatoms. The Hall–Kier alpha value is -0.600. The highest BCUT2D eigenvalue weighted by molar-refractivity contribution is 9.15. The van der Waals surface area contributed by atoms with Crippen molar-refractivity contribution in [3.8, 4) is 0 Å². The van der Waals surface area contributed by atoms with E-state index in [9.17, 15) is 0 Å². The second-order valence-electron chi connectivity index (χ2n) is 3.83. The molecule has 0 aliphatic heterocycles. The van der Waals surface area contributed by atoms with E-state index in [1.807, 2.05) is 0 Å². The number of nitrogens with one attached hydrogen (secondary N) is 1. The second kappa shape index (κ2) is 5.32. The number of benzene rings is 1. The van der Waals surface area contributed by atoms with E-state index < -0.39 is 0 Å². The van der Waals surface area contributed by atoms with Crippen molar-refractivity contribution < 1.29 is 4.90 Å². The fourth-order valence-corrected chi connectivity index (χ4v) is 1.55. The van der Waals surface area contributed by atoms with Crippen molar-refractivity contribution in [3.63, 3.8) is 0 Å². The van der Waals surface area contributed by atoms with Gasteiger partial charge in [0.1, 0.15) is 0 Å². The van der Waals surface area contributed by atoms with Crippen LogP contribution in [0.25, 0.3) is 4.48 Å². The molecule has 0 radical (unpaired) electrons. The van der Waals surface area contributed by atoms with Gasteiger partial charge in [0, 0.05) is 4.48 Å². The summed E-state index contributed by atoms with van der Waals surface area (Å²) in [5.74, 6) is 0. The molecule has 0 aliphatic carbocycles. The van der Waals surface area contributed by atoms with Crippen molar-refractivity contribution in [2.75, 3.05) is 20.6 Å². The summed E-state index contributed by atoms with van der Waals surface area (Å²) in [6, 6.07) is 8.54. The Morgan fingerprint density at radius 1 is 1.29 bits per heavy atom. The van der Waals surface area contributed by atoms with E-state index in [0.29, 0.717) is 0 Å². The third-order valence-corrected chi connectivity index (χ3v) is 2.80. The van der Waals surface area contributed by atoms with E-state index in [-0.39, 0.29) is 0 Å². The molecule has 0 aliphatic rings. The van der Waals surface area contributed by atoms with Gasteiger partial charge in [0.15, 0.2) is 0 Å². The molecule has 1 N–H and O–H groups in total. The van der Waals surface area contributed by atoms with Gasteiger partial charge >= 0.3 is 0 Å². The zero-order chi connectivity index (χ0) is 10.6. The Labute approximate surface area is 94.6 Å². The lowest BCUT2D eigenvalue weighted by Gasteiger charge is -2.04. The minimum absolute atomic E-state index is 1.04. The van der Waals surface area contributed by atoms with Gasteiger partial charge in [-0.05, 0) is 18.6 Å². The molecule has 0 heterocycles. The van der Waals surface area contributed by atoms with E-state index in [4.69, 9.17) is 0 Å². The van der Waals surface area contributed by atoms with Crippen molar-refractivity contribution in [1.29, 1.82) is 0 Å². The van der Waals surface area contributed by atoms with Crippen LogP contribution in [-0.2, 0) is 0 Å². The van der Waals surface area contributed by atoms with Crippen LogP contribution in [0.3, 0.4) is 0 Å². The van der Waals surface area contributed by atoms with Gasteiger partial charge in [-0.2, -0.15) is 0 Å². The van der Waals surface area contributed by atoms with Gasteiger partial charge in [-0.3, -0.25) is 0 Å². The van der Waals surface area contributed by atoms with Gasteiger partial charge in [-0.25, -0.2) is 0 Å². The molecule has 1 aromatic rings. The maximum atomic E-state index is 3.59. The number of hydrogen-bond donors (Lipinski definition) is 1. The van der Waals surface area contributed by atoms with Crippen LogP contribution in [0.5, 0.6) is 0 Å². The fourth-order valence-electron chi connectivity index (χ4n) is 1.12. The first kappa shape index (κ1) is 11.5. The molecule has 0 aromatic heterocycles. The second-order valence-corrected chi connectivity index (χ2v) is 4.68. The van der Waals surface area contributed by atoms with Crippen LogP contribution in [0.1, 0.15) is 11.1 Å². The van der Waals surface area contributed by atoms with Crippen LogP contribution in [-0.4, -0.2) is 20.6 Å². The first-order chi connectivity index (χ1) is 6.59. The Bertz CT molecular complexity index is 312. The average molecular weight is 255 g/mol. The summed E-state index contributed by atoms with van der Waals surface area (Å²) in [7, 11) is 4.29. The molecule has 0 spiro atoms. The highest BCUT2D eigenvalue weighted by atomic mass is 79.9. The first-order valence-electron chi connectivity index (χ1n) is 4.81. The highest BCUT2D eigenvalue weighted by Gasteiger charge is 1.97. The van der Waals surface area contributed by atoms with Crippen molar-refractivity contribution in [1.82, 2.24) is 0 Å². The fraction of sp³-hybridized carbons (Fsp3) is 0.333. The van der Waals surface area contributed by atoms with Crippen LogP contribution in [0, 0.1) is 6.92 Å². The average Bonchev–Trinajstić information content (AvgIpc) is 2.15. The zero-order valence-corrected chi connectivity index (χ0v) is 10.6. The molecule has 0 bridgehead atoms. The lowest BCUT2D eigenvalue weighted by molar-refractivity contribution is -0.851. The van der Waals surface area contributed by atoms with Crippen LogP contribution in [0.15, 0.2) is 30.3 Å². The van der Waals surface area contributed by atoms with Crippen molar-refractivity contribution in [3.05, 3.63) is 41.5 Å². The predicted octanol–water partition coefficient (Wildman–Crippen LogP) is 1.88. The minimum Gasteiger partial charge on any atom is -0.337 e. The molecule has 1 aromatic carbocycles. The van der Waals surface area contributed by atoms with Gasteiger partial charge in [0.05, 0.1) is 20.6 Å². The lowest BCUT2D eigenvalue weighted by Crippen LogP contribution is -3.05. The Morgan fingerprint density at radius 3 is 2.36 bits per heavy atom.